The van der Waals surface area contributed by atoms with Crippen LogP contribution in [0.15, 0.2) is 4.99 Å². The Hall–Kier alpha value is 0.140. The Kier molecular flexibility index (Phi) is 6.89. The van der Waals surface area contributed by atoms with Gasteiger partial charge in [0, 0.05) is 23.7 Å². The van der Waals surface area contributed by atoms with Crippen LogP contribution < -0.4 is 5.32 Å². The van der Waals surface area contributed by atoms with Gasteiger partial charge in [-0.05, 0) is 0 Å². The first-order valence-corrected chi connectivity index (χ1v) is 7.34. The summed E-state index contributed by atoms with van der Waals surface area (Å²) in [5, 5.41) is 3.92. The maximum atomic E-state index is 6.25. The van der Waals surface area contributed by atoms with Crippen LogP contribution in [0.1, 0.15) is 16.7 Å². The van der Waals surface area contributed by atoms with Gasteiger partial charge in [-0.25, -0.2) is 0 Å². The highest BCUT2D eigenvalue weighted by Gasteiger charge is 2.20. The highest BCUT2D eigenvalue weighted by molar-refractivity contribution is 6.39. The lowest BCUT2D eigenvalue weighted by molar-refractivity contribution is 1.25. The van der Waals surface area contributed by atoms with Crippen LogP contribution in [-0.2, 0) is 17.6 Å². The Balaban J connectivity index is 3.55. The van der Waals surface area contributed by atoms with E-state index in [1.54, 1.807) is 7.05 Å². The smallest absolute Gasteiger partial charge is 0.0864 e. The van der Waals surface area contributed by atoms with E-state index in [2.05, 4.69) is 10.3 Å². The molecule has 0 aromatic heterocycles. The maximum absolute atomic E-state index is 6.25. The highest BCUT2D eigenvalue weighted by atomic mass is 35.5. The van der Waals surface area contributed by atoms with Crippen LogP contribution in [0.3, 0.4) is 0 Å². The molecule has 0 aliphatic carbocycles. The fourth-order valence-corrected chi connectivity index (χ4v) is 3.30. The lowest BCUT2D eigenvalue weighted by Gasteiger charge is -2.18. The van der Waals surface area contributed by atoms with E-state index < -0.39 is 0 Å². The Morgan fingerprint density at radius 2 is 1.39 bits per heavy atom. The zero-order valence-electron chi connectivity index (χ0n) is 9.54. The molecule has 0 heterocycles. The normalized spacial score (nSPS) is 11.2. The number of aliphatic imine (C=N–C) groups is 1. The number of benzene rings is 1. The van der Waals surface area contributed by atoms with Gasteiger partial charge in [-0.2, -0.15) is 0 Å². The summed E-state index contributed by atoms with van der Waals surface area (Å²) in [6.07, 6.45) is 1.52. The standard InChI is InChI=1S/C11H11Cl5N2/c1-17-5-18-11-7(3-13)9(15)6(2-12)10(16)8(11)4-14/h5H,2-4H2,1H3,(H,17,18). The molecule has 1 rings (SSSR count). The van der Waals surface area contributed by atoms with E-state index in [-0.39, 0.29) is 17.6 Å². The summed E-state index contributed by atoms with van der Waals surface area (Å²) in [7, 11) is 1.64. The lowest BCUT2D eigenvalue weighted by Crippen LogP contribution is -2.06. The first kappa shape index (κ1) is 16.2. The number of hydrogen-bond donors (Lipinski definition) is 1. The molecule has 7 heteroatoms. The second-order valence-electron chi connectivity index (χ2n) is 3.37. The van der Waals surface area contributed by atoms with Crippen molar-refractivity contribution in [1.82, 2.24) is 0 Å². The van der Waals surface area contributed by atoms with Crippen LogP contribution >= 0.6 is 58.0 Å². The van der Waals surface area contributed by atoms with Gasteiger partial charge >= 0.3 is 0 Å². The number of hydrogen-bond acceptors (Lipinski definition) is 1. The van der Waals surface area contributed by atoms with Gasteiger partial charge in [0.25, 0.3) is 0 Å². The molecule has 1 N–H and O–H groups in total. The minimum Gasteiger partial charge on any atom is -0.346 e. The van der Waals surface area contributed by atoms with Crippen LogP contribution in [0, 0.1) is 0 Å². The summed E-state index contributed by atoms with van der Waals surface area (Å²) in [4.78, 5) is 3.85. The van der Waals surface area contributed by atoms with Gasteiger partial charge in [-0.3, -0.25) is 4.99 Å². The number of nitrogens with zero attached hydrogens (tertiary/aromatic N) is 1. The van der Waals surface area contributed by atoms with Crippen LogP contribution in [0.4, 0.5) is 5.69 Å². The molecule has 0 bridgehead atoms. The third kappa shape index (κ3) is 3.17. The van der Waals surface area contributed by atoms with E-state index >= 15 is 0 Å². The Morgan fingerprint density at radius 1 is 0.944 bits per heavy atom. The highest BCUT2D eigenvalue weighted by Crippen LogP contribution is 2.40. The van der Waals surface area contributed by atoms with Crippen molar-refractivity contribution >= 4 is 70.0 Å². The topological polar surface area (TPSA) is 24.4 Å². The monoisotopic (exact) mass is 346 g/mol. The quantitative estimate of drug-likeness (QED) is 0.437. The van der Waals surface area contributed by atoms with E-state index in [1.165, 1.54) is 6.34 Å². The summed E-state index contributed by atoms with van der Waals surface area (Å²) >= 11 is 30.2. The molecule has 0 aliphatic rings. The Morgan fingerprint density at radius 3 is 1.72 bits per heavy atom. The molecule has 0 saturated heterocycles. The minimum atomic E-state index is 0.202. The molecule has 0 radical (unpaired) electrons. The summed E-state index contributed by atoms with van der Waals surface area (Å²) in [5.41, 5.74) is 2.77. The number of rotatable bonds is 5. The molecule has 0 saturated carbocycles. The maximum Gasteiger partial charge on any atom is 0.0864 e. The average molecular weight is 348 g/mol. The molecule has 0 atom stereocenters. The summed E-state index contributed by atoms with van der Waals surface area (Å²) in [5.74, 6) is 0.654. The zero-order valence-corrected chi connectivity index (χ0v) is 13.3. The van der Waals surface area contributed by atoms with Crippen LogP contribution in [0.5, 0.6) is 0 Å². The third-order valence-electron chi connectivity index (χ3n) is 2.40. The fraction of sp³-hybridized carbons (Fsp3) is 0.364. The largest absolute Gasteiger partial charge is 0.346 e. The van der Waals surface area contributed by atoms with Crippen molar-refractivity contribution in [2.45, 2.75) is 17.6 Å². The SMILES string of the molecule is CN=CNc1c(CCl)c(Cl)c(CCl)c(Cl)c1CCl. The van der Waals surface area contributed by atoms with Crippen molar-refractivity contribution < 1.29 is 0 Å². The zero-order chi connectivity index (χ0) is 13.7. The molecule has 0 unspecified atom stereocenters. The molecule has 18 heavy (non-hydrogen) atoms. The van der Waals surface area contributed by atoms with Gasteiger partial charge in [0.1, 0.15) is 0 Å². The van der Waals surface area contributed by atoms with Gasteiger partial charge < -0.3 is 5.32 Å². The van der Waals surface area contributed by atoms with Crippen LogP contribution in [-0.4, -0.2) is 13.4 Å². The number of halogens is 5. The van der Waals surface area contributed by atoms with Crippen molar-refractivity contribution in [3.8, 4) is 0 Å². The average Bonchev–Trinajstić information content (AvgIpc) is 2.37. The van der Waals surface area contributed by atoms with Crippen molar-refractivity contribution in [2.75, 3.05) is 12.4 Å². The van der Waals surface area contributed by atoms with Gasteiger partial charge in [-0.1, -0.05) is 23.2 Å². The van der Waals surface area contributed by atoms with Gasteiger partial charge in [-0.15, -0.1) is 34.8 Å². The molecular weight excluding hydrogens is 337 g/mol. The molecule has 1 aromatic carbocycles. The lowest BCUT2D eigenvalue weighted by atomic mass is 10.0. The van der Waals surface area contributed by atoms with Gasteiger partial charge in [0.05, 0.1) is 39.7 Å². The number of nitrogens with one attached hydrogen (secondary N) is 1. The molecule has 1 aromatic rings. The van der Waals surface area contributed by atoms with Crippen LogP contribution in [0.25, 0.3) is 0 Å². The van der Waals surface area contributed by atoms with Gasteiger partial charge in [0.15, 0.2) is 0 Å². The van der Waals surface area contributed by atoms with E-state index in [0.717, 1.165) is 0 Å². The number of alkyl halides is 3. The van der Waals surface area contributed by atoms with Crippen molar-refractivity contribution in [3.63, 3.8) is 0 Å². The Bertz CT molecular complexity index is 428. The fourth-order valence-electron chi connectivity index (χ4n) is 1.53. The molecule has 0 amide bonds. The van der Waals surface area contributed by atoms with E-state index in [9.17, 15) is 0 Å². The van der Waals surface area contributed by atoms with E-state index in [1.807, 2.05) is 0 Å². The van der Waals surface area contributed by atoms with Crippen molar-refractivity contribution in [2.24, 2.45) is 4.99 Å². The van der Waals surface area contributed by atoms with E-state index in [4.69, 9.17) is 58.0 Å². The predicted molar refractivity (Wildman–Crippen MR) is 83.2 cm³/mol. The summed E-state index contributed by atoms with van der Waals surface area (Å²) in [6.45, 7) is 0. The number of anilines is 1. The van der Waals surface area contributed by atoms with Crippen molar-refractivity contribution in [3.05, 3.63) is 26.7 Å². The molecule has 100 valence electrons. The third-order valence-corrected chi connectivity index (χ3v) is 4.12. The van der Waals surface area contributed by atoms with Gasteiger partial charge in [0.2, 0.25) is 0 Å². The second-order valence-corrected chi connectivity index (χ2v) is 4.93. The molecule has 0 fully saturated rings. The molecule has 2 nitrogen and oxygen atoms in total. The first-order chi connectivity index (χ1) is 8.62. The molecular formula is C11H11Cl5N2. The Labute approximate surface area is 131 Å². The van der Waals surface area contributed by atoms with E-state index in [0.29, 0.717) is 32.4 Å². The first-order valence-electron chi connectivity index (χ1n) is 4.98. The minimum absolute atomic E-state index is 0.202. The van der Waals surface area contributed by atoms with Crippen LogP contribution in [0.2, 0.25) is 10.0 Å². The predicted octanol–water partition coefficient (Wildman–Crippen LogP) is 5.28. The molecule has 0 aliphatic heterocycles. The molecule has 0 spiro atoms. The summed E-state index contributed by atoms with van der Waals surface area (Å²) in [6, 6.07) is 0. The summed E-state index contributed by atoms with van der Waals surface area (Å²) < 4.78 is 0. The second kappa shape index (κ2) is 7.66. The van der Waals surface area contributed by atoms with Crippen molar-refractivity contribution in [1.29, 1.82) is 0 Å².